The van der Waals surface area contributed by atoms with Crippen LogP contribution in [0.5, 0.6) is 0 Å². The molecule has 0 fully saturated rings. The SMILES string of the molecule is CCc1nn(CC)c(CNc2c(C)cc(C)cc2Br)c1Br. The Labute approximate surface area is 143 Å². The van der Waals surface area contributed by atoms with Gasteiger partial charge in [0.25, 0.3) is 0 Å². The molecule has 2 rings (SSSR count). The predicted octanol–water partition coefficient (Wildman–Crippen LogP) is 5.22. The Bertz CT molecular complexity index is 624. The van der Waals surface area contributed by atoms with Gasteiger partial charge in [-0.1, -0.05) is 13.0 Å². The molecule has 114 valence electrons. The minimum atomic E-state index is 0.754. The Morgan fingerprint density at radius 3 is 2.48 bits per heavy atom. The average molecular weight is 415 g/mol. The van der Waals surface area contributed by atoms with E-state index in [-0.39, 0.29) is 0 Å². The molecule has 5 heteroatoms. The molecule has 21 heavy (non-hydrogen) atoms. The van der Waals surface area contributed by atoms with E-state index in [9.17, 15) is 0 Å². The summed E-state index contributed by atoms with van der Waals surface area (Å²) in [6.07, 6.45) is 0.938. The molecule has 0 unspecified atom stereocenters. The number of aromatic nitrogens is 2. The summed E-state index contributed by atoms with van der Waals surface area (Å²) in [6.45, 7) is 10.1. The van der Waals surface area contributed by atoms with Gasteiger partial charge in [0, 0.05) is 11.0 Å². The number of rotatable bonds is 5. The van der Waals surface area contributed by atoms with E-state index >= 15 is 0 Å². The molecule has 0 radical (unpaired) electrons. The lowest BCUT2D eigenvalue weighted by atomic mass is 10.1. The highest BCUT2D eigenvalue weighted by atomic mass is 79.9. The van der Waals surface area contributed by atoms with Crippen molar-refractivity contribution in [3.63, 3.8) is 0 Å². The normalized spacial score (nSPS) is 11.0. The smallest absolute Gasteiger partial charge is 0.0767 e. The van der Waals surface area contributed by atoms with Crippen LogP contribution in [0, 0.1) is 13.8 Å². The van der Waals surface area contributed by atoms with E-state index in [0.29, 0.717) is 0 Å². The molecule has 1 aromatic heterocycles. The molecule has 0 spiro atoms. The molecule has 0 aliphatic carbocycles. The third-order valence-corrected chi connectivity index (χ3v) is 5.10. The highest BCUT2D eigenvalue weighted by Gasteiger charge is 2.14. The summed E-state index contributed by atoms with van der Waals surface area (Å²) < 4.78 is 4.29. The maximum atomic E-state index is 4.64. The lowest BCUT2D eigenvalue weighted by molar-refractivity contribution is 0.619. The fourth-order valence-electron chi connectivity index (χ4n) is 2.50. The van der Waals surface area contributed by atoms with Crippen molar-refractivity contribution >= 4 is 37.5 Å². The van der Waals surface area contributed by atoms with Gasteiger partial charge in [0.1, 0.15) is 0 Å². The fourth-order valence-corrected chi connectivity index (χ4v) is 4.02. The van der Waals surface area contributed by atoms with E-state index in [1.54, 1.807) is 0 Å². The zero-order valence-electron chi connectivity index (χ0n) is 12.9. The molecule has 0 saturated heterocycles. The Hall–Kier alpha value is -0.810. The van der Waals surface area contributed by atoms with Gasteiger partial charge < -0.3 is 5.32 Å². The van der Waals surface area contributed by atoms with Crippen LogP contribution in [0.2, 0.25) is 0 Å². The van der Waals surface area contributed by atoms with Crippen molar-refractivity contribution in [3.8, 4) is 0 Å². The highest BCUT2D eigenvalue weighted by Crippen LogP contribution is 2.29. The van der Waals surface area contributed by atoms with Gasteiger partial charge in [-0.2, -0.15) is 5.10 Å². The summed E-state index contributed by atoms with van der Waals surface area (Å²) >= 11 is 7.34. The monoisotopic (exact) mass is 413 g/mol. The summed E-state index contributed by atoms with van der Waals surface area (Å²) in [5, 5.41) is 8.18. The van der Waals surface area contributed by atoms with Crippen molar-refractivity contribution in [1.82, 2.24) is 9.78 Å². The van der Waals surface area contributed by atoms with E-state index in [4.69, 9.17) is 0 Å². The second-order valence-corrected chi connectivity index (χ2v) is 6.82. The van der Waals surface area contributed by atoms with Gasteiger partial charge in [-0.05, 0) is 76.2 Å². The second kappa shape index (κ2) is 6.97. The lowest BCUT2D eigenvalue weighted by Gasteiger charge is -2.14. The second-order valence-electron chi connectivity index (χ2n) is 5.17. The van der Waals surface area contributed by atoms with Crippen molar-refractivity contribution < 1.29 is 0 Å². The minimum absolute atomic E-state index is 0.754. The number of aryl methyl sites for hydroxylation is 4. The zero-order valence-corrected chi connectivity index (χ0v) is 16.1. The third-order valence-electron chi connectivity index (χ3n) is 3.56. The topological polar surface area (TPSA) is 29.9 Å². The highest BCUT2D eigenvalue weighted by molar-refractivity contribution is 9.11. The molecule has 0 aliphatic heterocycles. The number of hydrogen-bond donors (Lipinski definition) is 1. The van der Waals surface area contributed by atoms with Crippen LogP contribution < -0.4 is 5.32 Å². The maximum Gasteiger partial charge on any atom is 0.0767 e. The van der Waals surface area contributed by atoms with Gasteiger partial charge in [0.2, 0.25) is 0 Å². The van der Waals surface area contributed by atoms with Gasteiger partial charge in [-0.15, -0.1) is 0 Å². The number of nitrogens with one attached hydrogen (secondary N) is 1. The molecule has 0 amide bonds. The first-order valence-corrected chi connectivity index (χ1v) is 8.81. The Morgan fingerprint density at radius 1 is 1.19 bits per heavy atom. The number of hydrogen-bond acceptors (Lipinski definition) is 2. The maximum absolute atomic E-state index is 4.64. The fraction of sp³-hybridized carbons (Fsp3) is 0.438. The number of nitrogens with zero attached hydrogens (tertiary/aromatic N) is 2. The van der Waals surface area contributed by atoms with Gasteiger partial charge in [0.05, 0.1) is 28.1 Å². The number of benzene rings is 1. The van der Waals surface area contributed by atoms with Crippen LogP contribution in [-0.2, 0) is 19.5 Å². The van der Waals surface area contributed by atoms with E-state index in [1.807, 2.05) is 0 Å². The predicted molar refractivity (Wildman–Crippen MR) is 95.9 cm³/mol. The van der Waals surface area contributed by atoms with E-state index in [0.717, 1.165) is 39.8 Å². The average Bonchev–Trinajstić information content (AvgIpc) is 2.73. The molecular weight excluding hydrogens is 394 g/mol. The van der Waals surface area contributed by atoms with Crippen molar-refractivity contribution in [2.24, 2.45) is 0 Å². The quantitative estimate of drug-likeness (QED) is 0.726. The molecule has 1 aromatic carbocycles. The van der Waals surface area contributed by atoms with Gasteiger partial charge >= 0.3 is 0 Å². The zero-order chi connectivity index (χ0) is 15.6. The van der Waals surface area contributed by atoms with E-state index in [2.05, 4.69) is 86.8 Å². The van der Waals surface area contributed by atoms with Crippen molar-refractivity contribution in [1.29, 1.82) is 0 Å². The molecule has 0 saturated carbocycles. The Morgan fingerprint density at radius 2 is 1.90 bits per heavy atom. The number of anilines is 1. The van der Waals surface area contributed by atoms with Crippen LogP contribution in [0.15, 0.2) is 21.1 Å². The van der Waals surface area contributed by atoms with Crippen LogP contribution in [0.3, 0.4) is 0 Å². The van der Waals surface area contributed by atoms with Gasteiger partial charge in [-0.25, -0.2) is 0 Å². The summed E-state index contributed by atoms with van der Waals surface area (Å²) in [7, 11) is 0. The van der Waals surface area contributed by atoms with Crippen LogP contribution in [0.1, 0.15) is 36.4 Å². The standard InChI is InChI=1S/C16H21Br2N3/c1-5-13-15(18)14(21(6-2)20-13)9-19-16-11(4)7-10(3)8-12(16)17/h7-8,19H,5-6,9H2,1-4H3. The number of halogens is 2. The molecule has 1 N–H and O–H groups in total. The van der Waals surface area contributed by atoms with Crippen LogP contribution in [0.4, 0.5) is 5.69 Å². The Kier molecular flexibility index (Phi) is 5.49. The summed E-state index contributed by atoms with van der Waals surface area (Å²) in [5.74, 6) is 0. The molecular formula is C16H21Br2N3. The Balaban J connectivity index is 2.26. The van der Waals surface area contributed by atoms with Crippen molar-refractivity contribution in [2.75, 3.05) is 5.32 Å². The van der Waals surface area contributed by atoms with Gasteiger partial charge in [0.15, 0.2) is 0 Å². The van der Waals surface area contributed by atoms with Gasteiger partial charge in [-0.3, -0.25) is 4.68 Å². The first-order chi connectivity index (χ1) is 9.97. The molecule has 2 aromatic rings. The molecule has 0 atom stereocenters. The molecule has 0 aliphatic rings. The van der Waals surface area contributed by atoms with Crippen LogP contribution in [0.25, 0.3) is 0 Å². The lowest BCUT2D eigenvalue weighted by Crippen LogP contribution is -2.09. The van der Waals surface area contributed by atoms with E-state index in [1.165, 1.54) is 16.8 Å². The molecule has 3 nitrogen and oxygen atoms in total. The van der Waals surface area contributed by atoms with Crippen molar-refractivity contribution in [2.45, 2.75) is 47.2 Å². The summed E-state index contributed by atoms with van der Waals surface area (Å²) in [4.78, 5) is 0. The van der Waals surface area contributed by atoms with Crippen molar-refractivity contribution in [3.05, 3.63) is 43.6 Å². The third kappa shape index (κ3) is 3.51. The summed E-state index contributed by atoms with van der Waals surface area (Å²) in [6, 6.07) is 4.33. The van der Waals surface area contributed by atoms with Crippen LogP contribution >= 0.6 is 31.9 Å². The first kappa shape index (κ1) is 16.6. The minimum Gasteiger partial charge on any atom is -0.378 e. The summed E-state index contributed by atoms with van der Waals surface area (Å²) in [5.41, 5.74) is 5.97. The first-order valence-electron chi connectivity index (χ1n) is 7.22. The molecule has 1 heterocycles. The largest absolute Gasteiger partial charge is 0.378 e. The van der Waals surface area contributed by atoms with Crippen LogP contribution in [-0.4, -0.2) is 9.78 Å². The van der Waals surface area contributed by atoms with E-state index < -0.39 is 0 Å². The molecule has 0 bridgehead atoms.